The summed E-state index contributed by atoms with van der Waals surface area (Å²) in [4.78, 5) is 12.0. The van der Waals surface area contributed by atoms with Gasteiger partial charge in [-0.15, -0.1) is 0 Å². The van der Waals surface area contributed by atoms with Gasteiger partial charge in [0.2, 0.25) is 0 Å². The van der Waals surface area contributed by atoms with Gasteiger partial charge >= 0.3 is 0 Å². The largest absolute Gasteiger partial charge is 0.496 e. The lowest BCUT2D eigenvalue weighted by Gasteiger charge is -2.08. The van der Waals surface area contributed by atoms with Crippen molar-refractivity contribution in [3.05, 3.63) is 58.1 Å². The zero-order valence-corrected chi connectivity index (χ0v) is 11.6. The summed E-state index contributed by atoms with van der Waals surface area (Å²) >= 11 is 1.43. The molecule has 2 rings (SSSR count). The highest BCUT2D eigenvalue weighted by Gasteiger charge is 2.14. The first kappa shape index (κ1) is 14.4. The lowest BCUT2D eigenvalue weighted by atomic mass is 10.2. The SMILES string of the molecule is COc1ccccc1Sc1ccc([N+](=O)[O-])c(CO)c1. The van der Waals surface area contributed by atoms with Crippen LogP contribution in [0.25, 0.3) is 0 Å². The van der Waals surface area contributed by atoms with Crippen molar-refractivity contribution in [1.29, 1.82) is 0 Å². The van der Waals surface area contributed by atoms with Crippen LogP contribution in [-0.4, -0.2) is 17.1 Å². The number of nitrogens with zero attached hydrogens (tertiary/aromatic N) is 1. The normalized spacial score (nSPS) is 10.3. The Morgan fingerprint density at radius 1 is 1.30 bits per heavy atom. The molecule has 0 radical (unpaired) electrons. The minimum Gasteiger partial charge on any atom is -0.496 e. The second-order valence-electron chi connectivity index (χ2n) is 3.96. The molecular weight excluding hydrogens is 278 g/mol. The molecule has 0 spiro atoms. The number of hydrogen-bond acceptors (Lipinski definition) is 5. The number of nitro benzene ring substituents is 1. The molecular formula is C14H13NO4S. The van der Waals surface area contributed by atoms with E-state index in [0.717, 1.165) is 15.5 Å². The molecule has 0 saturated carbocycles. The first-order valence-corrected chi connectivity index (χ1v) is 6.66. The number of rotatable bonds is 5. The van der Waals surface area contributed by atoms with Crippen molar-refractivity contribution in [2.45, 2.75) is 16.4 Å². The summed E-state index contributed by atoms with van der Waals surface area (Å²) in [6.45, 7) is -0.364. The highest BCUT2D eigenvalue weighted by Crippen LogP contribution is 2.36. The van der Waals surface area contributed by atoms with Crippen LogP contribution in [0, 0.1) is 10.1 Å². The number of aliphatic hydroxyl groups excluding tert-OH is 1. The van der Waals surface area contributed by atoms with Gasteiger partial charge in [0.1, 0.15) is 5.75 Å². The Morgan fingerprint density at radius 2 is 2.05 bits per heavy atom. The molecule has 0 atom stereocenters. The molecule has 0 unspecified atom stereocenters. The van der Waals surface area contributed by atoms with E-state index in [0.29, 0.717) is 5.56 Å². The fraction of sp³-hybridized carbons (Fsp3) is 0.143. The van der Waals surface area contributed by atoms with E-state index in [9.17, 15) is 15.2 Å². The minimum atomic E-state index is -0.497. The first-order valence-electron chi connectivity index (χ1n) is 5.84. The maximum Gasteiger partial charge on any atom is 0.274 e. The van der Waals surface area contributed by atoms with Gasteiger partial charge in [-0.1, -0.05) is 23.9 Å². The molecule has 6 heteroatoms. The van der Waals surface area contributed by atoms with E-state index in [1.807, 2.05) is 24.3 Å². The summed E-state index contributed by atoms with van der Waals surface area (Å²) in [6.07, 6.45) is 0. The van der Waals surface area contributed by atoms with Crippen LogP contribution in [0.2, 0.25) is 0 Å². The molecule has 5 nitrogen and oxygen atoms in total. The Balaban J connectivity index is 2.32. The van der Waals surface area contributed by atoms with Crippen molar-refractivity contribution in [3.63, 3.8) is 0 Å². The third-order valence-corrected chi connectivity index (χ3v) is 3.76. The number of nitro groups is 1. The van der Waals surface area contributed by atoms with Crippen LogP contribution in [0.5, 0.6) is 5.75 Å². The second-order valence-corrected chi connectivity index (χ2v) is 5.07. The van der Waals surface area contributed by atoms with Crippen LogP contribution in [0.3, 0.4) is 0 Å². The van der Waals surface area contributed by atoms with Gasteiger partial charge in [0.25, 0.3) is 5.69 Å². The summed E-state index contributed by atoms with van der Waals surface area (Å²) in [5, 5.41) is 20.0. The number of aliphatic hydroxyl groups is 1. The van der Waals surface area contributed by atoms with Crippen LogP contribution in [0.4, 0.5) is 5.69 Å². The lowest BCUT2D eigenvalue weighted by molar-refractivity contribution is -0.385. The Kier molecular flexibility index (Phi) is 4.60. The molecule has 0 aliphatic carbocycles. The van der Waals surface area contributed by atoms with E-state index >= 15 is 0 Å². The Bertz CT molecular complexity index is 630. The lowest BCUT2D eigenvalue weighted by Crippen LogP contribution is -1.95. The Morgan fingerprint density at radius 3 is 2.70 bits per heavy atom. The van der Waals surface area contributed by atoms with Gasteiger partial charge in [-0.2, -0.15) is 0 Å². The van der Waals surface area contributed by atoms with Crippen molar-refractivity contribution in [2.24, 2.45) is 0 Å². The standard InChI is InChI=1S/C14H13NO4S/c1-19-13-4-2-3-5-14(13)20-11-6-7-12(15(17)18)10(8-11)9-16/h2-8,16H,9H2,1H3. The van der Waals surface area contributed by atoms with E-state index in [4.69, 9.17) is 4.74 Å². The van der Waals surface area contributed by atoms with Gasteiger partial charge in [-0.25, -0.2) is 0 Å². The number of methoxy groups -OCH3 is 1. The zero-order valence-electron chi connectivity index (χ0n) is 10.8. The average Bonchev–Trinajstić information content (AvgIpc) is 2.47. The quantitative estimate of drug-likeness (QED) is 0.676. The average molecular weight is 291 g/mol. The van der Waals surface area contributed by atoms with Gasteiger partial charge < -0.3 is 9.84 Å². The van der Waals surface area contributed by atoms with E-state index in [1.165, 1.54) is 17.8 Å². The molecule has 0 heterocycles. The number of benzene rings is 2. The van der Waals surface area contributed by atoms with Crippen molar-refractivity contribution in [2.75, 3.05) is 7.11 Å². The maximum absolute atomic E-state index is 10.8. The molecule has 2 aromatic carbocycles. The van der Waals surface area contributed by atoms with Crippen LogP contribution in [-0.2, 0) is 6.61 Å². The minimum absolute atomic E-state index is 0.0723. The predicted molar refractivity (Wildman–Crippen MR) is 76.1 cm³/mol. The van der Waals surface area contributed by atoms with Crippen molar-refractivity contribution >= 4 is 17.4 Å². The summed E-state index contributed by atoms with van der Waals surface area (Å²) in [5.74, 6) is 0.737. The number of para-hydroxylation sites is 1. The van der Waals surface area contributed by atoms with Crippen LogP contribution >= 0.6 is 11.8 Å². The van der Waals surface area contributed by atoms with Crippen LogP contribution in [0.15, 0.2) is 52.3 Å². The van der Waals surface area contributed by atoms with Crippen molar-refractivity contribution in [1.82, 2.24) is 0 Å². The highest BCUT2D eigenvalue weighted by molar-refractivity contribution is 7.99. The first-order chi connectivity index (χ1) is 9.65. The maximum atomic E-state index is 10.8. The Hall–Kier alpha value is -2.05. The molecule has 0 aliphatic rings. The second kappa shape index (κ2) is 6.40. The number of ether oxygens (including phenoxy) is 1. The molecule has 1 N–H and O–H groups in total. The van der Waals surface area contributed by atoms with E-state index in [-0.39, 0.29) is 12.3 Å². The van der Waals surface area contributed by atoms with E-state index in [2.05, 4.69) is 0 Å². The molecule has 104 valence electrons. The van der Waals surface area contributed by atoms with Crippen LogP contribution in [0.1, 0.15) is 5.56 Å². The fourth-order valence-corrected chi connectivity index (χ4v) is 2.75. The summed E-state index contributed by atoms with van der Waals surface area (Å²) in [6, 6.07) is 12.2. The van der Waals surface area contributed by atoms with Gasteiger partial charge in [0.05, 0.1) is 29.1 Å². The van der Waals surface area contributed by atoms with Gasteiger partial charge in [-0.3, -0.25) is 10.1 Å². The highest BCUT2D eigenvalue weighted by atomic mass is 32.2. The molecule has 0 aliphatic heterocycles. The monoisotopic (exact) mass is 291 g/mol. The summed E-state index contributed by atoms with van der Waals surface area (Å²) in [5.41, 5.74) is 0.228. The third kappa shape index (κ3) is 3.09. The zero-order chi connectivity index (χ0) is 14.5. The summed E-state index contributed by atoms with van der Waals surface area (Å²) in [7, 11) is 1.59. The fourth-order valence-electron chi connectivity index (χ4n) is 1.76. The molecule has 0 bridgehead atoms. The van der Waals surface area contributed by atoms with E-state index in [1.54, 1.807) is 19.2 Å². The molecule has 2 aromatic rings. The molecule has 20 heavy (non-hydrogen) atoms. The van der Waals surface area contributed by atoms with Crippen molar-refractivity contribution < 1.29 is 14.8 Å². The molecule has 0 amide bonds. The number of hydrogen-bond donors (Lipinski definition) is 1. The summed E-state index contributed by atoms with van der Waals surface area (Å²) < 4.78 is 5.26. The van der Waals surface area contributed by atoms with Gasteiger partial charge in [0.15, 0.2) is 0 Å². The molecule has 0 fully saturated rings. The smallest absolute Gasteiger partial charge is 0.274 e. The van der Waals surface area contributed by atoms with Crippen LogP contribution < -0.4 is 4.74 Å². The van der Waals surface area contributed by atoms with E-state index < -0.39 is 4.92 Å². The van der Waals surface area contributed by atoms with Gasteiger partial charge in [0, 0.05) is 11.0 Å². The molecule has 0 saturated heterocycles. The topological polar surface area (TPSA) is 72.6 Å². The Labute approximate surface area is 120 Å². The van der Waals surface area contributed by atoms with Crippen molar-refractivity contribution in [3.8, 4) is 5.75 Å². The predicted octanol–water partition coefficient (Wildman–Crippen LogP) is 3.25. The van der Waals surface area contributed by atoms with Gasteiger partial charge in [-0.05, 0) is 24.3 Å². The molecule has 0 aromatic heterocycles. The third-order valence-electron chi connectivity index (χ3n) is 2.71.